The molecule has 0 saturated carbocycles. The highest BCUT2D eigenvalue weighted by molar-refractivity contribution is 7.09. The molecule has 1 aromatic carbocycles. The molecule has 0 saturated heterocycles. The number of nitrogen functional groups attached to an aromatic ring is 1. The predicted molar refractivity (Wildman–Crippen MR) is 56.4 cm³/mol. The lowest BCUT2D eigenvalue weighted by atomic mass is 10.1. The SMILES string of the molecule is Nc1cc(F)cc(C(=O)Nc2nnns2)c1F. The van der Waals surface area contributed by atoms with Gasteiger partial charge in [0.15, 0.2) is 5.82 Å². The minimum Gasteiger partial charge on any atom is -0.396 e. The molecule has 0 aliphatic carbocycles. The van der Waals surface area contributed by atoms with Gasteiger partial charge in [-0.05, 0) is 17.3 Å². The Morgan fingerprint density at radius 2 is 2.18 bits per heavy atom. The third-order valence-electron chi connectivity index (χ3n) is 1.83. The molecule has 0 unspecified atom stereocenters. The number of hydrogen-bond acceptors (Lipinski definition) is 6. The molecule has 0 aliphatic heterocycles. The molecule has 1 amide bonds. The first-order valence-electron chi connectivity index (χ1n) is 4.29. The molecule has 0 atom stereocenters. The summed E-state index contributed by atoms with van der Waals surface area (Å²) in [6.45, 7) is 0. The zero-order valence-electron chi connectivity index (χ0n) is 8.15. The highest BCUT2D eigenvalue weighted by atomic mass is 32.1. The fraction of sp³-hybridized carbons (Fsp3) is 0. The van der Waals surface area contributed by atoms with Crippen LogP contribution in [0, 0.1) is 11.6 Å². The van der Waals surface area contributed by atoms with E-state index in [1.807, 2.05) is 0 Å². The van der Waals surface area contributed by atoms with Gasteiger partial charge in [-0.2, -0.15) is 0 Å². The lowest BCUT2D eigenvalue weighted by molar-refractivity contribution is 0.102. The molecule has 0 spiro atoms. The molecule has 2 rings (SSSR count). The number of halogens is 2. The van der Waals surface area contributed by atoms with Gasteiger partial charge in [-0.1, -0.05) is 9.59 Å². The van der Waals surface area contributed by atoms with Crippen LogP contribution in [0.1, 0.15) is 10.4 Å². The van der Waals surface area contributed by atoms with Crippen LogP contribution < -0.4 is 11.1 Å². The molecule has 6 nitrogen and oxygen atoms in total. The molecule has 88 valence electrons. The van der Waals surface area contributed by atoms with Crippen molar-refractivity contribution in [2.24, 2.45) is 0 Å². The second-order valence-corrected chi connectivity index (χ2v) is 3.71. The lowest BCUT2D eigenvalue weighted by Gasteiger charge is -2.04. The maximum absolute atomic E-state index is 13.5. The van der Waals surface area contributed by atoms with Gasteiger partial charge in [-0.25, -0.2) is 8.78 Å². The van der Waals surface area contributed by atoms with Crippen molar-refractivity contribution in [3.8, 4) is 0 Å². The van der Waals surface area contributed by atoms with Crippen LogP contribution in [0.4, 0.5) is 19.6 Å². The van der Waals surface area contributed by atoms with E-state index in [1.165, 1.54) is 0 Å². The highest BCUT2D eigenvalue weighted by Gasteiger charge is 2.17. The van der Waals surface area contributed by atoms with Gasteiger partial charge in [0.05, 0.1) is 11.3 Å². The molecule has 1 aromatic heterocycles. The number of rotatable bonds is 2. The molecule has 0 radical (unpaired) electrons. The summed E-state index contributed by atoms with van der Waals surface area (Å²) in [5, 5.41) is 8.97. The van der Waals surface area contributed by atoms with Crippen LogP contribution in [0.5, 0.6) is 0 Å². The summed E-state index contributed by atoms with van der Waals surface area (Å²) in [4.78, 5) is 11.6. The van der Waals surface area contributed by atoms with E-state index in [4.69, 9.17) is 5.73 Å². The van der Waals surface area contributed by atoms with Crippen molar-refractivity contribution in [2.75, 3.05) is 11.1 Å². The third-order valence-corrected chi connectivity index (χ3v) is 2.34. The van der Waals surface area contributed by atoms with E-state index >= 15 is 0 Å². The summed E-state index contributed by atoms with van der Waals surface area (Å²) in [6, 6.07) is 1.54. The van der Waals surface area contributed by atoms with Gasteiger partial charge < -0.3 is 5.73 Å². The number of carbonyl (C=O) groups excluding carboxylic acids is 1. The summed E-state index contributed by atoms with van der Waals surface area (Å²) >= 11 is 0.809. The van der Waals surface area contributed by atoms with Gasteiger partial charge in [-0.3, -0.25) is 10.1 Å². The van der Waals surface area contributed by atoms with Gasteiger partial charge in [0.1, 0.15) is 5.82 Å². The number of nitrogens with one attached hydrogen (secondary N) is 1. The zero-order valence-corrected chi connectivity index (χ0v) is 8.96. The van der Waals surface area contributed by atoms with E-state index in [0.717, 1.165) is 23.7 Å². The van der Waals surface area contributed by atoms with Gasteiger partial charge in [-0.15, -0.1) is 0 Å². The number of carbonyl (C=O) groups is 1. The Hall–Kier alpha value is -2.16. The molecule has 3 N–H and O–H groups in total. The smallest absolute Gasteiger partial charge is 0.260 e. The van der Waals surface area contributed by atoms with E-state index in [0.29, 0.717) is 0 Å². The molecule has 2 aromatic rings. The first-order chi connectivity index (χ1) is 8.08. The molecule has 0 fully saturated rings. The van der Waals surface area contributed by atoms with Crippen LogP contribution in [-0.2, 0) is 0 Å². The highest BCUT2D eigenvalue weighted by Crippen LogP contribution is 2.18. The Kier molecular flexibility index (Phi) is 2.91. The van der Waals surface area contributed by atoms with Gasteiger partial charge in [0.25, 0.3) is 5.91 Å². The van der Waals surface area contributed by atoms with Crippen LogP contribution in [0.3, 0.4) is 0 Å². The van der Waals surface area contributed by atoms with Crippen molar-refractivity contribution in [2.45, 2.75) is 0 Å². The van der Waals surface area contributed by atoms with Gasteiger partial charge >= 0.3 is 0 Å². The summed E-state index contributed by atoms with van der Waals surface area (Å²) in [5.41, 5.74) is 4.26. The number of benzene rings is 1. The first kappa shape index (κ1) is 11.3. The topological polar surface area (TPSA) is 93.8 Å². The minimum atomic E-state index is -0.985. The molecule has 17 heavy (non-hydrogen) atoms. The Balaban J connectivity index is 2.31. The van der Waals surface area contributed by atoms with E-state index in [-0.39, 0.29) is 5.13 Å². The number of aromatic nitrogens is 3. The first-order valence-corrected chi connectivity index (χ1v) is 5.06. The molecule has 1 heterocycles. The van der Waals surface area contributed by atoms with Crippen molar-refractivity contribution in [1.82, 2.24) is 14.8 Å². The van der Waals surface area contributed by atoms with Crippen LogP contribution in [-0.4, -0.2) is 20.7 Å². The standard InChI is InChI=1S/C8H5F2N5OS/c9-3-1-4(6(10)5(11)2-3)7(16)12-8-13-14-15-17-8/h1-2H,11H2,(H,12,13,15,16). The quantitative estimate of drug-likeness (QED) is 0.784. The maximum Gasteiger partial charge on any atom is 0.260 e. The average Bonchev–Trinajstić information content (AvgIpc) is 2.76. The number of amides is 1. The number of hydrogen-bond donors (Lipinski definition) is 2. The second-order valence-electron chi connectivity index (χ2n) is 2.98. The van der Waals surface area contributed by atoms with E-state index in [2.05, 4.69) is 20.1 Å². The van der Waals surface area contributed by atoms with Gasteiger partial charge in [0, 0.05) is 11.5 Å². The zero-order chi connectivity index (χ0) is 12.4. The lowest BCUT2D eigenvalue weighted by Crippen LogP contribution is -2.15. The molecule has 9 heteroatoms. The Labute approximate surface area is 97.6 Å². The number of anilines is 2. The number of nitrogens with zero attached hydrogens (tertiary/aromatic N) is 3. The Morgan fingerprint density at radius 1 is 1.41 bits per heavy atom. The molecular formula is C8H5F2N5OS. The maximum atomic E-state index is 13.5. The predicted octanol–water partition coefficient (Wildman–Crippen LogP) is 1.05. The van der Waals surface area contributed by atoms with Crippen molar-refractivity contribution < 1.29 is 13.6 Å². The van der Waals surface area contributed by atoms with E-state index in [9.17, 15) is 13.6 Å². The minimum absolute atomic E-state index is 0.0808. The van der Waals surface area contributed by atoms with Crippen molar-refractivity contribution in [3.63, 3.8) is 0 Å². The molecule has 0 aliphatic rings. The third kappa shape index (κ3) is 2.33. The summed E-state index contributed by atoms with van der Waals surface area (Å²) < 4.78 is 29.8. The summed E-state index contributed by atoms with van der Waals surface area (Å²) in [5.74, 6) is -2.65. The summed E-state index contributed by atoms with van der Waals surface area (Å²) in [6.07, 6.45) is 0. The Bertz CT molecular complexity index is 559. The summed E-state index contributed by atoms with van der Waals surface area (Å²) in [7, 11) is 0. The molecule has 0 bridgehead atoms. The van der Waals surface area contributed by atoms with Crippen LogP contribution in [0.25, 0.3) is 0 Å². The van der Waals surface area contributed by atoms with Crippen molar-refractivity contribution >= 4 is 28.3 Å². The normalized spacial score (nSPS) is 10.2. The van der Waals surface area contributed by atoms with Crippen LogP contribution in [0.15, 0.2) is 12.1 Å². The second kappa shape index (κ2) is 4.37. The van der Waals surface area contributed by atoms with Crippen LogP contribution in [0.2, 0.25) is 0 Å². The van der Waals surface area contributed by atoms with E-state index < -0.39 is 28.8 Å². The monoisotopic (exact) mass is 257 g/mol. The Morgan fingerprint density at radius 3 is 2.82 bits per heavy atom. The van der Waals surface area contributed by atoms with E-state index in [1.54, 1.807) is 0 Å². The van der Waals surface area contributed by atoms with Gasteiger partial charge in [0.2, 0.25) is 5.13 Å². The van der Waals surface area contributed by atoms with Crippen molar-refractivity contribution in [1.29, 1.82) is 0 Å². The molecular weight excluding hydrogens is 252 g/mol. The fourth-order valence-corrected chi connectivity index (χ4v) is 1.48. The van der Waals surface area contributed by atoms with Crippen molar-refractivity contribution in [3.05, 3.63) is 29.3 Å². The number of nitrogens with two attached hydrogens (primary N) is 1. The fourth-order valence-electron chi connectivity index (χ4n) is 1.12. The average molecular weight is 257 g/mol. The largest absolute Gasteiger partial charge is 0.396 e. The van der Waals surface area contributed by atoms with Crippen LogP contribution >= 0.6 is 11.5 Å².